The number of Topliss-reactive ketones (excluding diaryl/α,β-unsaturated/α-hetero) is 1. The first-order chi connectivity index (χ1) is 20.1. The van der Waals surface area contributed by atoms with Crippen LogP contribution in [0, 0.1) is 0 Å². The number of aliphatic hydroxyl groups is 1. The molecule has 0 bridgehead atoms. The van der Waals surface area contributed by atoms with Gasteiger partial charge in [0.2, 0.25) is 10.0 Å². The summed E-state index contributed by atoms with van der Waals surface area (Å²) in [4.78, 5) is 30.6. The van der Waals surface area contributed by atoms with E-state index < -0.39 is 33.5 Å². The van der Waals surface area contributed by atoms with Crippen LogP contribution in [0.4, 0.5) is 0 Å². The van der Waals surface area contributed by atoms with Gasteiger partial charge in [-0.25, -0.2) is 12.7 Å². The third-order valence-electron chi connectivity index (χ3n) is 7.28. The van der Waals surface area contributed by atoms with Gasteiger partial charge in [-0.1, -0.05) is 18.7 Å². The number of amides is 1. The van der Waals surface area contributed by atoms with Gasteiger partial charge in [-0.3, -0.25) is 14.5 Å². The van der Waals surface area contributed by atoms with Crippen LogP contribution in [0.3, 0.4) is 0 Å². The van der Waals surface area contributed by atoms with Crippen molar-refractivity contribution >= 4 is 27.5 Å². The van der Waals surface area contributed by atoms with Crippen LogP contribution in [0.1, 0.15) is 23.6 Å². The smallest absolute Gasteiger partial charge is 0.295 e. The van der Waals surface area contributed by atoms with Gasteiger partial charge in [0.05, 0.1) is 36.8 Å². The quantitative estimate of drug-likeness (QED) is 0.170. The summed E-state index contributed by atoms with van der Waals surface area (Å²) < 4.78 is 42.7. The van der Waals surface area contributed by atoms with E-state index in [1.165, 1.54) is 50.4 Å². The lowest BCUT2D eigenvalue weighted by molar-refractivity contribution is -0.140. The fraction of sp³-hybridized carbons (Fsp3) is 0.400. The highest BCUT2D eigenvalue weighted by Gasteiger charge is 2.46. The normalized spacial score (nSPS) is 19.3. The summed E-state index contributed by atoms with van der Waals surface area (Å²) in [7, 11) is 0.637. The first-order valence-electron chi connectivity index (χ1n) is 13.6. The van der Waals surface area contributed by atoms with Gasteiger partial charge in [-0.2, -0.15) is 0 Å². The minimum atomic E-state index is -3.70. The van der Waals surface area contributed by atoms with E-state index in [4.69, 9.17) is 14.2 Å². The molecule has 1 amide bonds. The lowest BCUT2D eigenvalue weighted by atomic mass is 9.95. The van der Waals surface area contributed by atoms with Crippen molar-refractivity contribution < 1.29 is 37.3 Å². The van der Waals surface area contributed by atoms with Crippen molar-refractivity contribution in [3.8, 4) is 11.5 Å². The number of benzene rings is 2. The highest BCUT2D eigenvalue weighted by atomic mass is 32.2. The molecule has 226 valence electrons. The van der Waals surface area contributed by atoms with Crippen LogP contribution >= 0.6 is 0 Å². The Labute approximate surface area is 246 Å². The molecule has 12 heteroatoms. The molecule has 2 heterocycles. The molecule has 42 heavy (non-hydrogen) atoms. The first kappa shape index (κ1) is 31.2. The lowest BCUT2D eigenvalue weighted by Crippen LogP contribution is -2.39. The summed E-state index contributed by atoms with van der Waals surface area (Å²) in [5.74, 6) is -1.08. The highest BCUT2D eigenvalue weighted by Crippen LogP contribution is 2.42. The maximum atomic E-state index is 13.5. The maximum absolute atomic E-state index is 13.5. The lowest BCUT2D eigenvalue weighted by Gasteiger charge is -2.29. The van der Waals surface area contributed by atoms with Crippen molar-refractivity contribution in [3.05, 3.63) is 71.8 Å². The number of ether oxygens (including phenoxy) is 3. The largest absolute Gasteiger partial charge is 0.507 e. The summed E-state index contributed by atoms with van der Waals surface area (Å²) in [6.45, 7) is 7.81. The SMILES string of the molecule is C=CCOc1ccc(C2C(=C(O)c3ccc(S(=O)(=O)N(C)C)cc3)C(=O)C(=O)N2CCCN2CCOCC2)cc1OC. The van der Waals surface area contributed by atoms with Crippen LogP contribution in [-0.2, 0) is 24.3 Å². The maximum Gasteiger partial charge on any atom is 0.295 e. The Bertz CT molecular complexity index is 1450. The molecule has 1 unspecified atom stereocenters. The van der Waals surface area contributed by atoms with Gasteiger partial charge in [-0.05, 0) is 48.4 Å². The van der Waals surface area contributed by atoms with Crippen LogP contribution in [0.2, 0.25) is 0 Å². The van der Waals surface area contributed by atoms with Crippen molar-refractivity contribution in [1.82, 2.24) is 14.1 Å². The molecule has 2 aliphatic rings. The number of carbonyl (C=O) groups is 2. The molecular weight excluding hydrogens is 562 g/mol. The van der Waals surface area contributed by atoms with Gasteiger partial charge in [0.25, 0.3) is 11.7 Å². The number of sulfonamides is 1. The Hall–Kier alpha value is -3.71. The topological polar surface area (TPSA) is 126 Å². The number of morpholine rings is 1. The van der Waals surface area contributed by atoms with E-state index in [2.05, 4.69) is 11.5 Å². The van der Waals surface area contributed by atoms with Gasteiger partial charge in [0.15, 0.2) is 11.5 Å². The third-order valence-corrected chi connectivity index (χ3v) is 9.11. The number of carbonyl (C=O) groups excluding carboxylic acids is 2. The summed E-state index contributed by atoms with van der Waals surface area (Å²) in [6.07, 6.45) is 2.21. The number of ketones is 1. The average Bonchev–Trinajstić information content (AvgIpc) is 3.25. The summed E-state index contributed by atoms with van der Waals surface area (Å²) in [5, 5.41) is 11.4. The van der Waals surface area contributed by atoms with Crippen LogP contribution < -0.4 is 9.47 Å². The second kappa shape index (κ2) is 13.5. The monoisotopic (exact) mass is 599 g/mol. The minimum absolute atomic E-state index is 0.0315. The minimum Gasteiger partial charge on any atom is -0.507 e. The van der Waals surface area contributed by atoms with Gasteiger partial charge in [0, 0.05) is 45.8 Å². The molecule has 1 atom stereocenters. The summed E-state index contributed by atoms with van der Waals surface area (Å²) in [6, 6.07) is 9.74. The van der Waals surface area contributed by atoms with Crippen molar-refractivity contribution in [1.29, 1.82) is 0 Å². The Morgan fingerprint density at radius 1 is 1.10 bits per heavy atom. The second-order valence-electron chi connectivity index (χ2n) is 10.1. The number of hydrogen-bond donors (Lipinski definition) is 1. The van der Waals surface area contributed by atoms with Crippen LogP contribution in [-0.4, -0.2) is 107 Å². The molecule has 4 rings (SSSR count). The molecule has 11 nitrogen and oxygen atoms in total. The van der Waals surface area contributed by atoms with Crippen molar-refractivity contribution in [3.63, 3.8) is 0 Å². The van der Waals surface area contributed by atoms with Crippen LogP contribution in [0.5, 0.6) is 11.5 Å². The highest BCUT2D eigenvalue weighted by molar-refractivity contribution is 7.89. The molecule has 1 N–H and O–H groups in total. The van der Waals surface area contributed by atoms with E-state index in [1.807, 2.05) is 0 Å². The van der Waals surface area contributed by atoms with Gasteiger partial charge in [0.1, 0.15) is 12.4 Å². The van der Waals surface area contributed by atoms with Gasteiger partial charge in [-0.15, -0.1) is 0 Å². The number of methoxy groups -OCH3 is 1. The van der Waals surface area contributed by atoms with E-state index >= 15 is 0 Å². The Balaban J connectivity index is 1.74. The van der Waals surface area contributed by atoms with E-state index in [1.54, 1.807) is 24.3 Å². The van der Waals surface area contributed by atoms with Crippen molar-refractivity contribution in [2.24, 2.45) is 0 Å². The number of aliphatic hydroxyl groups excluding tert-OH is 1. The molecule has 0 saturated carbocycles. The molecule has 2 aliphatic heterocycles. The zero-order valence-electron chi connectivity index (χ0n) is 24.1. The fourth-order valence-electron chi connectivity index (χ4n) is 5.02. The summed E-state index contributed by atoms with van der Waals surface area (Å²) in [5.41, 5.74) is 0.676. The molecule has 0 aromatic heterocycles. The average molecular weight is 600 g/mol. The fourth-order valence-corrected chi connectivity index (χ4v) is 5.92. The van der Waals surface area contributed by atoms with E-state index in [0.717, 1.165) is 23.9 Å². The molecule has 2 aromatic rings. The zero-order chi connectivity index (χ0) is 30.4. The van der Waals surface area contributed by atoms with Crippen LogP contribution in [0.15, 0.2) is 65.6 Å². The summed E-state index contributed by atoms with van der Waals surface area (Å²) >= 11 is 0. The molecular formula is C30H37N3O8S. The van der Waals surface area contributed by atoms with Crippen molar-refractivity contribution in [2.75, 3.05) is 67.2 Å². The van der Waals surface area contributed by atoms with E-state index in [-0.39, 0.29) is 29.2 Å². The zero-order valence-corrected chi connectivity index (χ0v) is 24.9. The van der Waals surface area contributed by atoms with E-state index in [9.17, 15) is 23.1 Å². The van der Waals surface area contributed by atoms with Crippen molar-refractivity contribution in [2.45, 2.75) is 17.4 Å². The molecule has 2 fully saturated rings. The molecule has 0 aliphatic carbocycles. The van der Waals surface area contributed by atoms with E-state index in [0.29, 0.717) is 36.7 Å². The Kier molecular flexibility index (Phi) is 10.0. The third kappa shape index (κ3) is 6.51. The number of nitrogens with zero attached hydrogens (tertiary/aromatic N) is 3. The Morgan fingerprint density at radius 3 is 2.40 bits per heavy atom. The number of likely N-dealkylation sites (tertiary alicyclic amines) is 1. The van der Waals surface area contributed by atoms with Crippen LogP contribution in [0.25, 0.3) is 5.76 Å². The number of rotatable bonds is 12. The molecule has 2 saturated heterocycles. The Morgan fingerprint density at radius 2 is 1.79 bits per heavy atom. The standard InChI is InChI=1S/C30H37N3O8S/c1-5-17-41-24-12-9-22(20-25(24)39-4)27-26(28(34)21-7-10-23(11-8-21)42(37,38)31(2)3)29(35)30(36)33(27)14-6-13-32-15-18-40-19-16-32/h5,7-12,20,27,34H,1,6,13-19H2,2-4H3. The molecule has 0 spiro atoms. The van der Waals surface area contributed by atoms with Gasteiger partial charge >= 0.3 is 0 Å². The predicted octanol–water partition coefficient (Wildman–Crippen LogP) is 2.65. The first-order valence-corrected chi connectivity index (χ1v) is 15.1. The van der Waals surface area contributed by atoms with Gasteiger partial charge < -0.3 is 24.2 Å². The molecule has 2 aromatic carbocycles. The number of hydrogen-bond acceptors (Lipinski definition) is 9. The predicted molar refractivity (Wildman–Crippen MR) is 157 cm³/mol. The molecule has 0 radical (unpaired) electrons. The second-order valence-corrected chi connectivity index (χ2v) is 12.3.